The Kier molecular flexibility index (Phi) is 7.08. The average molecular weight is 562 g/mol. The molecule has 41 heavy (non-hydrogen) atoms. The summed E-state index contributed by atoms with van der Waals surface area (Å²) in [5, 5.41) is 2.61. The van der Waals surface area contributed by atoms with E-state index in [0.717, 1.165) is 25.0 Å². The van der Waals surface area contributed by atoms with Crippen LogP contribution in [0.25, 0.3) is 33.5 Å². The summed E-state index contributed by atoms with van der Waals surface area (Å²) in [5.41, 5.74) is 3.20. The Hall–Kier alpha value is -4.80. The number of carbonyl (C=O) groups excluding carboxylic acids is 1. The van der Waals surface area contributed by atoms with Gasteiger partial charge >= 0.3 is 0 Å². The molecule has 1 saturated carbocycles. The van der Waals surface area contributed by atoms with Crippen molar-refractivity contribution in [3.8, 4) is 28.3 Å². The van der Waals surface area contributed by atoms with Crippen molar-refractivity contribution in [2.24, 2.45) is 0 Å². The van der Waals surface area contributed by atoms with E-state index in [1.807, 2.05) is 0 Å². The highest BCUT2D eigenvalue weighted by Crippen LogP contribution is 2.41. The molecule has 6 rings (SSSR count). The summed E-state index contributed by atoms with van der Waals surface area (Å²) < 4.78 is 60.7. The summed E-state index contributed by atoms with van der Waals surface area (Å²) in [6.45, 7) is 0. The molecule has 208 valence electrons. The zero-order valence-corrected chi connectivity index (χ0v) is 21.5. The maximum absolute atomic E-state index is 14.7. The van der Waals surface area contributed by atoms with E-state index in [4.69, 9.17) is 4.74 Å². The summed E-state index contributed by atoms with van der Waals surface area (Å²) in [4.78, 5) is 29.2. The van der Waals surface area contributed by atoms with Gasteiger partial charge < -0.3 is 15.0 Å². The van der Waals surface area contributed by atoms with Gasteiger partial charge in [-0.3, -0.25) is 9.78 Å². The fraction of sp³-hybridized carbons (Fsp3) is 0.200. The van der Waals surface area contributed by atoms with Crippen molar-refractivity contribution in [1.29, 1.82) is 0 Å². The molecule has 5 aromatic rings. The van der Waals surface area contributed by atoms with Gasteiger partial charge in [-0.2, -0.15) is 4.39 Å². The number of aromatic amines is 1. The number of fused-ring (bicyclic) bond motifs is 1. The van der Waals surface area contributed by atoms with Gasteiger partial charge in [0.05, 0.1) is 29.0 Å². The first-order chi connectivity index (χ1) is 19.9. The molecule has 7 nitrogen and oxygen atoms in total. The lowest BCUT2D eigenvalue weighted by atomic mass is 9.95. The van der Waals surface area contributed by atoms with E-state index in [0.29, 0.717) is 39.3 Å². The van der Waals surface area contributed by atoms with E-state index in [9.17, 15) is 22.4 Å². The second-order valence-corrected chi connectivity index (χ2v) is 9.72. The Morgan fingerprint density at radius 2 is 1.83 bits per heavy atom. The summed E-state index contributed by atoms with van der Waals surface area (Å²) in [7, 11) is 0. The molecular formula is C30H23F4N5O2. The first-order valence-corrected chi connectivity index (χ1v) is 13.0. The molecule has 1 aromatic carbocycles. The van der Waals surface area contributed by atoms with Gasteiger partial charge in [-0.05, 0) is 54.8 Å². The number of nitrogens with one attached hydrogen (secondary N) is 2. The van der Waals surface area contributed by atoms with E-state index in [2.05, 4.69) is 25.3 Å². The van der Waals surface area contributed by atoms with Gasteiger partial charge in [-0.1, -0.05) is 18.2 Å². The zero-order valence-electron chi connectivity index (χ0n) is 21.5. The number of aromatic nitrogens is 4. The summed E-state index contributed by atoms with van der Waals surface area (Å²) in [5.74, 6) is -2.76. The molecule has 0 spiro atoms. The number of hydrogen-bond acceptors (Lipinski definition) is 5. The number of alkyl halides is 2. The van der Waals surface area contributed by atoms with Crippen molar-refractivity contribution < 1.29 is 27.1 Å². The third-order valence-corrected chi connectivity index (χ3v) is 6.73. The maximum atomic E-state index is 14.7. The van der Waals surface area contributed by atoms with Gasteiger partial charge in [0, 0.05) is 30.4 Å². The van der Waals surface area contributed by atoms with Crippen LogP contribution in [0.3, 0.4) is 0 Å². The minimum Gasteiger partial charge on any atom is -0.488 e. The predicted molar refractivity (Wildman–Crippen MR) is 145 cm³/mol. The number of pyridine rings is 3. The highest BCUT2D eigenvalue weighted by Gasteiger charge is 2.28. The third kappa shape index (κ3) is 5.74. The van der Waals surface area contributed by atoms with Gasteiger partial charge in [0.15, 0.2) is 0 Å². The number of hydrogen-bond donors (Lipinski definition) is 2. The van der Waals surface area contributed by atoms with Crippen LogP contribution in [-0.2, 0) is 4.79 Å². The molecule has 1 atom stereocenters. The Morgan fingerprint density at radius 3 is 2.54 bits per heavy atom. The monoisotopic (exact) mass is 561 g/mol. The largest absolute Gasteiger partial charge is 0.488 e. The van der Waals surface area contributed by atoms with Crippen LogP contribution in [-0.4, -0.2) is 38.4 Å². The van der Waals surface area contributed by atoms with Crippen LogP contribution in [0.1, 0.15) is 30.7 Å². The lowest BCUT2D eigenvalue weighted by molar-refractivity contribution is -0.118. The first kappa shape index (κ1) is 26.4. The molecule has 1 aliphatic rings. The number of rotatable bonds is 9. The van der Waals surface area contributed by atoms with E-state index in [1.54, 1.807) is 36.5 Å². The van der Waals surface area contributed by atoms with Gasteiger partial charge in [-0.25, -0.2) is 23.1 Å². The lowest BCUT2D eigenvalue weighted by Crippen LogP contribution is -2.23. The quantitative estimate of drug-likeness (QED) is 0.151. The van der Waals surface area contributed by atoms with Crippen molar-refractivity contribution in [3.05, 3.63) is 90.4 Å². The molecule has 1 fully saturated rings. The van der Waals surface area contributed by atoms with Crippen LogP contribution in [0.4, 0.5) is 23.4 Å². The minimum atomic E-state index is -2.76. The number of amides is 1. The third-order valence-electron chi connectivity index (χ3n) is 6.73. The van der Waals surface area contributed by atoms with Crippen LogP contribution in [0.15, 0.2) is 73.1 Å². The van der Waals surface area contributed by atoms with Crippen molar-refractivity contribution in [1.82, 2.24) is 19.9 Å². The number of H-pyrrole nitrogens is 1. The van der Waals surface area contributed by atoms with Crippen molar-refractivity contribution >= 4 is 22.8 Å². The second-order valence-electron chi connectivity index (χ2n) is 9.72. The molecule has 11 heteroatoms. The highest BCUT2D eigenvalue weighted by atomic mass is 19.3. The van der Waals surface area contributed by atoms with E-state index in [-0.39, 0.29) is 17.5 Å². The Bertz CT molecular complexity index is 1710. The Labute approximate surface area is 231 Å². The van der Waals surface area contributed by atoms with Crippen LogP contribution in [0, 0.1) is 11.8 Å². The number of benzene rings is 1. The standard InChI is InChI=1S/C30H23F4N5O2/c31-18-6-4-16(5-7-18)20(14-23(32)33)30(40)38-25-13-17(10-12-36-25)27-26(21-3-1-2-11-35-21)29-28(39-27)22(15-24(34)37-29)41-19-8-9-19/h1-7,10-13,15,19-20,23,39H,8-9,14H2,(H,36,38,40)/t20-/m1/s1. The summed E-state index contributed by atoms with van der Waals surface area (Å²) in [6.07, 6.45) is 1.32. The molecule has 1 amide bonds. The smallest absolute Gasteiger partial charge is 0.239 e. The maximum Gasteiger partial charge on any atom is 0.239 e. The first-order valence-electron chi connectivity index (χ1n) is 13.0. The normalized spacial score (nSPS) is 13.9. The van der Waals surface area contributed by atoms with Crippen LogP contribution < -0.4 is 10.1 Å². The van der Waals surface area contributed by atoms with Gasteiger partial charge in [0.2, 0.25) is 18.3 Å². The van der Waals surface area contributed by atoms with E-state index in [1.165, 1.54) is 24.4 Å². The Balaban J connectivity index is 1.40. The van der Waals surface area contributed by atoms with Crippen molar-refractivity contribution in [3.63, 3.8) is 0 Å². The molecule has 0 bridgehead atoms. The number of ether oxygens (including phenoxy) is 1. The van der Waals surface area contributed by atoms with Crippen molar-refractivity contribution in [2.45, 2.75) is 37.7 Å². The second kappa shape index (κ2) is 11.0. The van der Waals surface area contributed by atoms with Crippen LogP contribution in [0.5, 0.6) is 5.75 Å². The number of anilines is 1. The SMILES string of the molecule is O=C(Nc1cc(-c2[nH]c3c(OC4CC4)cc(F)nc3c2-c2ccccn2)ccn1)[C@H](CC(F)F)c1ccc(F)cc1. The molecule has 2 N–H and O–H groups in total. The topological polar surface area (TPSA) is 92.8 Å². The minimum absolute atomic E-state index is 0.00934. The molecule has 4 aromatic heterocycles. The summed E-state index contributed by atoms with van der Waals surface area (Å²) in [6, 6.07) is 14.7. The van der Waals surface area contributed by atoms with Gasteiger partial charge in [0.25, 0.3) is 0 Å². The highest BCUT2D eigenvalue weighted by molar-refractivity contribution is 6.03. The molecule has 4 heterocycles. The predicted octanol–water partition coefficient (Wildman–Crippen LogP) is 6.88. The summed E-state index contributed by atoms with van der Waals surface area (Å²) >= 11 is 0. The van der Waals surface area contributed by atoms with Crippen molar-refractivity contribution in [2.75, 3.05) is 5.32 Å². The molecule has 0 saturated heterocycles. The molecular weight excluding hydrogens is 538 g/mol. The van der Waals surface area contributed by atoms with E-state index < -0.39 is 36.4 Å². The molecule has 0 unspecified atom stereocenters. The average Bonchev–Trinajstić information content (AvgIpc) is 3.69. The lowest BCUT2D eigenvalue weighted by Gasteiger charge is -2.17. The number of carbonyl (C=O) groups is 1. The van der Waals surface area contributed by atoms with Crippen LogP contribution in [0.2, 0.25) is 0 Å². The number of halogens is 4. The van der Waals surface area contributed by atoms with Gasteiger partial charge in [-0.15, -0.1) is 0 Å². The zero-order chi connectivity index (χ0) is 28.5. The fourth-order valence-electron chi connectivity index (χ4n) is 4.67. The Morgan fingerprint density at radius 1 is 1.02 bits per heavy atom. The molecule has 0 radical (unpaired) electrons. The van der Waals surface area contributed by atoms with Crippen LogP contribution >= 0.6 is 0 Å². The fourth-order valence-corrected chi connectivity index (χ4v) is 4.67. The molecule has 0 aliphatic heterocycles. The van der Waals surface area contributed by atoms with E-state index >= 15 is 0 Å². The van der Waals surface area contributed by atoms with Gasteiger partial charge in [0.1, 0.15) is 28.4 Å². The number of nitrogens with zero attached hydrogens (tertiary/aromatic N) is 3. The molecule has 1 aliphatic carbocycles.